The van der Waals surface area contributed by atoms with E-state index in [0.717, 1.165) is 31.5 Å². The monoisotopic (exact) mass is 387 g/mol. The van der Waals surface area contributed by atoms with Crippen molar-refractivity contribution in [2.75, 3.05) is 33.4 Å². The largest absolute Gasteiger partial charge is 0.494 e. The van der Waals surface area contributed by atoms with Gasteiger partial charge >= 0.3 is 12.0 Å². The number of amides is 2. The highest BCUT2D eigenvalue weighted by molar-refractivity contribution is 5.95. The molecule has 2 amide bonds. The number of para-hydroxylation sites is 1. The Morgan fingerprint density at radius 2 is 1.89 bits per heavy atom. The molecule has 2 heterocycles. The first kappa shape index (κ1) is 20.2. The number of carbonyl (C=O) groups excluding carboxylic acids is 2. The van der Waals surface area contributed by atoms with Crippen LogP contribution in [0.15, 0.2) is 35.5 Å². The van der Waals surface area contributed by atoms with E-state index in [0.29, 0.717) is 30.2 Å². The Hall–Kier alpha value is -2.54. The van der Waals surface area contributed by atoms with Gasteiger partial charge in [0.25, 0.3) is 0 Å². The number of benzene rings is 1. The SMILES string of the molecule is CCOc1ccccc1C1NC(=O)NC(CN2CCCCCC2)=C1C(=O)OC. The van der Waals surface area contributed by atoms with E-state index in [1.807, 2.05) is 31.2 Å². The van der Waals surface area contributed by atoms with Gasteiger partial charge in [-0.05, 0) is 38.9 Å². The maximum atomic E-state index is 12.7. The van der Waals surface area contributed by atoms with E-state index in [-0.39, 0.29) is 6.03 Å². The van der Waals surface area contributed by atoms with Gasteiger partial charge in [-0.1, -0.05) is 31.0 Å². The minimum Gasteiger partial charge on any atom is -0.494 e. The lowest BCUT2D eigenvalue weighted by Crippen LogP contribution is -2.48. The summed E-state index contributed by atoms with van der Waals surface area (Å²) in [5.41, 5.74) is 1.78. The number of hydrogen-bond acceptors (Lipinski definition) is 5. The van der Waals surface area contributed by atoms with Gasteiger partial charge in [-0.3, -0.25) is 4.90 Å². The van der Waals surface area contributed by atoms with Crippen molar-refractivity contribution in [1.82, 2.24) is 15.5 Å². The lowest BCUT2D eigenvalue weighted by Gasteiger charge is -2.32. The van der Waals surface area contributed by atoms with Gasteiger partial charge in [0.2, 0.25) is 0 Å². The van der Waals surface area contributed by atoms with Crippen molar-refractivity contribution in [1.29, 1.82) is 0 Å². The van der Waals surface area contributed by atoms with Gasteiger partial charge in [0, 0.05) is 17.8 Å². The molecule has 0 spiro atoms. The van der Waals surface area contributed by atoms with Crippen LogP contribution in [0.3, 0.4) is 0 Å². The normalized spacial score (nSPS) is 20.8. The highest BCUT2D eigenvalue weighted by Gasteiger charge is 2.35. The second-order valence-corrected chi connectivity index (χ2v) is 7.08. The molecule has 0 radical (unpaired) electrons. The number of carbonyl (C=O) groups is 2. The van der Waals surface area contributed by atoms with Gasteiger partial charge in [-0.15, -0.1) is 0 Å². The summed E-state index contributed by atoms with van der Waals surface area (Å²) < 4.78 is 10.8. The van der Waals surface area contributed by atoms with E-state index in [1.54, 1.807) is 0 Å². The van der Waals surface area contributed by atoms with E-state index in [2.05, 4.69) is 15.5 Å². The molecule has 152 valence electrons. The molecule has 0 saturated carbocycles. The number of hydrogen-bond donors (Lipinski definition) is 2. The number of nitrogens with zero attached hydrogens (tertiary/aromatic N) is 1. The van der Waals surface area contributed by atoms with Crippen LogP contribution in [0.1, 0.15) is 44.2 Å². The van der Waals surface area contributed by atoms with Crippen molar-refractivity contribution in [2.24, 2.45) is 0 Å². The van der Waals surface area contributed by atoms with Crippen molar-refractivity contribution in [3.63, 3.8) is 0 Å². The van der Waals surface area contributed by atoms with Crippen LogP contribution in [0.2, 0.25) is 0 Å². The third-order valence-corrected chi connectivity index (χ3v) is 5.17. The molecule has 2 aliphatic rings. The molecule has 0 aromatic heterocycles. The van der Waals surface area contributed by atoms with E-state index in [1.165, 1.54) is 20.0 Å². The number of nitrogens with one attached hydrogen (secondary N) is 2. The Morgan fingerprint density at radius 1 is 1.18 bits per heavy atom. The molecule has 1 aromatic carbocycles. The fraction of sp³-hybridized carbons (Fsp3) is 0.524. The lowest BCUT2D eigenvalue weighted by atomic mass is 9.94. The molecule has 1 aromatic rings. The smallest absolute Gasteiger partial charge is 0.338 e. The first-order valence-corrected chi connectivity index (χ1v) is 9.97. The highest BCUT2D eigenvalue weighted by atomic mass is 16.5. The molecule has 7 heteroatoms. The van der Waals surface area contributed by atoms with Crippen LogP contribution >= 0.6 is 0 Å². The predicted octanol–water partition coefficient (Wildman–Crippen LogP) is 2.74. The van der Waals surface area contributed by atoms with E-state index < -0.39 is 12.0 Å². The molecule has 1 atom stereocenters. The summed E-state index contributed by atoms with van der Waals surface area (Å²) >= 11 is 0. The summed E-state index contributed by atoms with van der Waals surface area (Å²) in [6, 6.07) is 6.51. The van der Waals surface area contributed by atoms with Crippen LogP contribution < -0.4 is 15.4 Å². The zero-order valence-electron chi connectivity index (χ0n) is 16.6. The minimum absolute atomic E-state index is 0.325. The van der Waals surface area contributed by atoms with Crippen LogP contribution in [0.4, 0.5) is 4.79 Å². The summed E-state index contributed by atoms with van der Waals surface area (Å²) in [6.07, 6.45) is 4.70. The van der Waals surface area contributed by atoms with Gasteiger partial charge in [0.05, 0.1) is 25.3 Å². The molecular formula is C21H29N3O4. The number of likely N-dealkylation sites (tertiary alicyclic amines) is 1. The van der Waals surface area contributed by atoms with Gasteiger partial charge < -0.3 is 20.1 Å². The molecule has 2 N–H and O–H groups in total. The van der Waals surface area contributed by atoms with Crippen LogP contribution in [-0.2, 0) is 9.53 Å². The summed E-state index contributed by atoms with van der Waals surface area (Å²) in [6.45, 7) is 4.83. The van der Waals surface area contributed by atoms with E-state index >= 15 is 0 Å². The zero-order valence-corrected chi connectivity index (χ0v) is 16.6. The molecular weight excluding hydrogens is 358 g/mol. The van der Waals surface area contributed by atoms with Crippen molar-refractivity contribution in [2.45, 2.75) is 38.6 Å². The average Bonchev–Trinajstić information content (AvgIpc) is 2.96. The fourth-order valence-electron chi connectivity index (χ4n) is 3.85. The Kier molecular flexibility index (Phi) is 6.92. The summed E-state index contributed by atoms with van der Waals surface area (Å²) in [7, 11) is 1.36. The van der Waals surface area contributed by atoms with Crippen molar-refractivity contribution >= 4 is 12.0 Å². The van der Waals surface area contributed by atoms with Crippen LogP contribution in [-0.4, -0.2) is 50.3 Å². The Morgan fingerprint density at radius 3 is 2.57 bits per heavy atom. The molecule has 28 heavy (non-hydrogen) atoms. The molecule has 1 fully saturated rings. The molecule has 2 aliphatic heterocycles. The number of methoxy groups -OCH3 is 1. The third kappa shape index (κ3) is 4.65. The fourth-order valence-corrected chi connectivity index (χ4v) is 3.85. The molecule has 1 saturated heterocycles. The Labute approximate surface area is 166 Å². The summed E-state index contributed by atoms with van der Waals surface area (Å²) in [4.78, 5) is 27.4. The van der Waals surface area contributed by atoms with Gasteiger partial charge in [0.15, 0.2) is 0 Å². The zero-order chi connectivity index (χ0) is 19.9. The number of urea groups is 1. The van der Waals surface area contributed by atoms with Crippen molar-refractivity contribution in [3.05, 3.63) is 41.1 Å². The molecule has 7 nitrogen and oxygen atoms in total. The Balaban J connectivity index is 2.00. The van der Waals surface area contributed by atoms with E-state index in [4.69, 9.17) is 9.47 Å². The number of rotatable bonds is 6. The first-order valence-electron chi connectivity index (χ1n) is 9.97. The second-order valence-electron chi connectivity index (χ2n) is 7.08. The average molecular weight is 387 g/mol. The first-order chi connectivity index (χ1) is 13.6. The van der Waals surface area contributed by atoms with Crippen molar-refractivity contribution in [3.8, 4) is 5.75 Å². The molecule has 3 rings (SSSR count). The number of esters is 1. The summed E-state index contributed by atoms with van der Waals surface area (Å²) in [5, 5.41) is 5.72. The molecule has 0 bridgehead atoms. The van der Waals surface area contributed by atoms with Crippen LogP contribution in [0.5, 0.6) is 5.75 Å². The standard InChI is InChI=1S/C21H29N3O4/c1-3-28-17-11-7-6-10-15(17)19-18(20(25)27-2)16(22-21(26)23-19)14-24-12-8-4-5-9-13-24/h6-7,10-11,19H,3-5,8-9,12-14H2,1-2H3,(H2,22,23,26). The predicted molar refractivity (Wildman–Crippen MR) is 106 cm³/mol. The van der Waals surface area contributed by atoms with Crippen molar-refractivity contribution < 1.29 is 19.1 Å². The topological polar surface area (TPSA) is 79.9 Å². The number of ether oxygens (including phenoxy) is 2. The summed E-state index contributed by atoms with van der Waals surface area (Å²) in [5.74, 6) is 0.196. The van der Waals surface area contributed by atoms with Gasteiger partial charge in [-0.25, -0.2) is 9.59 Å². The van der Waals surface area contributed by atoms with Gasteiger partial charge in [-0.2, -0.15) is 0 Å². The maximum Gasteiger partial charge on any atom is 0.338 e. The van der Waals surface area contributed by atoms with Crippen LogP contribution in [0.25, 0.3) is 0 Å². The van der Waals surface area contributed by atoms with Crippen LogP contribution in [0, 0.1) is 0 Å². The Bertz CT molecular complexity index is 739. The molecule has 0 aliphatic carbocycles. The highest BCUT2D eigenvalue weighted by Crippen LogP contribution is 2.34. The van der Waals surface area contributed by atoms with E-state index in [9.17, 15) is 9.59 Å². The lowest BCUT2D eigenvalue weighted by molar-refractivity contribution is -0.136. The third-order valence-electron chi connectivity index (χ3n) is 5.17. The maximum absolute atomic E-state index is 12.7. The van der Waals surface area contributed by atoms with Gasteiger partial charge in [0.1, 0.15) is 5.75 Å². The molecule has 1 unspecified atom stereocenters. The second kappa shape index (κ2) is 9.59. The quantitative estimate of drug-likeness (QED) is 0.734. The minimum atomic E-state index is -0.620.